The fourth-order valence-corrected chi connectivity index (χ4v) is 4.51. The van der Waals surface area contributed by atoms with Crippen molar-refractivity contribution in [2.24, 2.45) is 0 Å². The van der Waals surface area contributed by atoms with E-state index < -0.39 is 16.1 Å². The molecule has 0 saturated heterocycles. The number of carbonyl (C=O) groups excluding carboxylic acids is 1. The third-order valence-electron chi connectivity index (χ3n) is 4.31. The van der Waals surface area contributed by atoms with Crippen molar-refractivity contribution in [2.45, 2.75) is 18.4 Å². The van der Waals surface area contributed by atoms with Gasteiger partial charge in [-0.3, -0.25) is 9.62 Å². The number of anilines is 2. The number of amides is 1. The number of rotatable bonds is 7. The lowest BCUT2D eigenvalue weighted by molar-refractivity contribution is 0.155. The highest BCUT2D eigenvalue weighted by Gasteiger charge is 2.24. The van der Waals surface area contributed by atoms with Crippen molar-refractivity contribution >= 4 is 39.1 Å². The maximum Gasteiger partial charge on any atom is 0.412 e. The zero-order valence-corrected chi connectivity index (χ0v) is 17.9. The first kappa shape index (κ1) is 21.7. The molecule has 30 heavy (non-hydrogen) atoms. The average molecular weight is 445 g/mol. The van der Waals surface area contributed by atoms with E-state index in [1.807, 2.05) is 36.4 Å². The first-order chi connectivity index (χ1) is 14.4. The molecule has 0 aromatic heterocycles. The van der Waals surface area contributed by atoms with E-state index in [-0.39, 0.29) is 28.8 Å². The molecular weight excluding hydrogens is 424 g/mol. The van der Waals surface area contributed by atoms with E-state index in [1.165, 1.54) is 22.5 Å². The van der Waals surface area contributed by atoms with Gasteiger partial charge in [-0.1, -0.05) is 60.1 Å². The maximum atomic E-state index is 13.2. The van der Waals surface area contributed by atoms with Gasteiger partial charge in [0, 0.05) is 6.54 Å². The van der Waals surface area contributed by atoms with Crippen molar-refractivity contribution in [1.29, 1.82) is 0 Å². The Kier molecular flexibility index (Phi) is 6.97. The van der Waals surface area contributed by atoms with E-state index >= 15 is 0 Å². The lowest BCUT2D eigenvalue weighted by Crippen LogP contribution is -2.30. The number of halogens is 1. The number of ether oxygens (including phenoxy) is 1. The summed E-state index contributed by atoms with van der Waals surface area (Å²) in [5, 5.41) is 2.72. The summed E-state index contributed by atoms with van der Waals surface area (Å²) in [7, 11) is -3.85. The first-order valence-corrected chi connectivity index (χ1v) is 11.1. The molecule has 0 bridgehead atoms. The standard InChI is InChI=1S/C22H21ClN2O4S/c1-2-25(18-11-7-4-8-12-18)30(27,28)19-13-14-20(23)21(15-19)24-22(26)29-16-17-9-5-3-6-10-17/h3-15H,2,16H2,1H3,(H,24,26). The van der Waals surface area contributed by atoms with Crippen LogP contribution in [0.4, 0.5) is 16.2 Å². The molecule has 3 rings (SSSR count). The summed E-state index contributed by atoms with van der Waals surface area (Å²) in [6.45, 7) is 2.08. The van der Waals surface area contributed by atoms with Gasteiger partial charge in [-0.2, -0.15) is 0 Å². The summed E-state index contributed by atoms with van der Waals surface area (Å²) in [4.78, 5) is 12.2. The Morgan fingerprint density at radius 1 is 1.00 bits per heavy atom. The van der Waals surface area contributed by atoms with E-state index in [0.29, 0.717) is 5.69 Å². The van der Waals surface area contributed by atoms with Crippen LogP contribution < -0.4 is 9.62 Å². The monoisotopic (exact) mass is 444 g/mol. The van der Waals surface area contributed by atoms with E-state index in [9.17, 15) is 13.2 Å². The quantitative estimate of drug-likeness (QED) is 0.536. The molecule has 0 aliphatic rings. The van der Waals surface area contributed by atoms with Gasteiger partial charge >= 0.3 is 6.09 Å². The van der Waals surface area contributed by atoms with Gasteiger partial charge in [0.15, 0.2) is 0 Å². The van der Waals surface area contributed by atoms with Crippen molar-refractivity contribution in [1.82, 2.24) is 0 Å². The number of sulfonamides is 1. The van der Waals surface area contributed by atoms with Gasteiger partial charge in [-0.15, -0.1) is 0 Å². The Morgan fingerprint density at radius 2 is 1.63 bits per heavy atom. The first-order valence-electron chi connectivity index (χ1n) is 9.27. The highest BCUT2D eigenvalue weighted by molar-refractivity contribution is 7.92. The molecule has 8 heteroatoms. The van der Waals surface area contributed by atoms with Crippen molar-refractivity contribution in [3.8, 4) is 0 Å². The predicted molar refractivity (Wildman–Crippen MR) is 118 cm³/mol. The Labute approximate surface area is 181 Å². The summed E-state index contributed by atoms with van der Waals surface area (Å²) in [5.74, 6) is 0. The van der Waals surface area contributed by atoms with E-state index in [1.54, 1.807) is 31.2 Å². The minimum absolute atomic E-state index is 0.0102. The molecule has 3 aromatic rings. The van der Waals surface area contributed by atoms with Crippen LogP contribution in [-0.2, 0) is 21.4 Å². The Balaban J connectivity index is 1.79. The SMILES string of the molecule is CCN(c1ccccc1)S(=O)(=O)c1ccc(Cl)c(NC(=O)OCc2ccccc2)c1. The number of benzene rings is 3. The van der Waals surface area contributed by atoms with E-state index in [0.717, 1.165) is 5.56 Å². The maximum absolute atomic E-state index is 13.2. The summed E-state index contributed by atoms with van der Waals surface area (Å²) in [6, 6.07) is 22.2. The number of hydrogen-bond donors (Lipinski definition) is 1. The fraction of sp³-hybridized carbons (Fsp3) is 0.136. The van der Waals surface area contributed by atoms with E-state index in [2.05, 4.69) is 5.32 Å². The normalized spacial score (nSPS) is 11.0. The third-order valence-corrected chi connectivity index (χ3v) is 6.54. The molecular formula is C22H21ClN2O4S. The predicted octanol–water partition coefficient (Wildman–Crippen LogP) is 5.30. The summed E-state index contributed by atoms with van der Waals surface area (Å²) >= 11 is 6.16. The molecule has 156 valence electrons. The lowest BCUT2D eigenvalue weighted by atomic mass is 10.2. The van der Waals surface area contributed by atoms with Gasteiger partial charge in [-0.05, 0) is 42.8 Å². The summed E-state index contributed by atoms with van der Waals surface area (Å²) < 4.78 is 32.8. The second kappa shape index (κ2) is 9.65. The summed E-state index contributed by atoms with van der Waals surface area (Å²) in [5.41, 5.74) is 1.53. The Morgan fingerprint density at radius 3 is 2.27 bits per heavy atom. The minimum atomic E-state index is -3.85. The van der Waals surface area contributed by atoms with Gasteiger partial charge in [-0.25, -0.2) is 13.2 Å². The smallest absolute Gasteiger partial charge is 0.412 e. The van der Waals surface area contributed by atoms with Crippen LogP contribution in [0.5, 0.6) is 0 Å². The van der Waals surface area contributed by atoms with Crippen LogP contribution in [0.25, 0.3) is 0 Å². The second-order valence-electron chi connectivity index (χ2n) is 6.33. The van der Waals surface area contributed by atoms with Crippen molar-refractivity contribution in [3.63, 3.8) is 0 Å². The van der Waals surface area contributed by atoms with Gasteiger partial charge in [0.25, 0.3) is 10.0 Å². The number of carbonyl (C=O) groups is 1. The number of hydrogen-bond acceptors (Lipinski definition) is 4. The van der Waals surface area contributed by atoms with E-state index in [4.69, 9.17) is 16.3 Å². The van der Waals surface area contributed by atoms with Gasteiger partial charge in [0.05, 0.1) is 21.3 Å². The highest BCUT2D eigenvalue weighted by Crippen LogP contribution is 2.29. The molecule has 0 saturated carbocycles. The van der Waals surface area contributed by atoms with Gasteiger partial charge in [0.2, 0.25) is 0 Å². The molecule has 0 aliphatic heterocycles. The largest absolute Gasteiger partial charge is 0.444 e. The Bertz CT molecular complexity index is 1110. The molecule has 6 nitrogen and oxygen atoms in total. The van der Waals surface area contributed by atoms with Crippen LogP contribution in [0.3, 0.4) is 0 Å². The van der Waals surface area contributed by atoms with Crippen molar-refractivity contribution in [2.75, 3.05) is 16.2 Å². The molecule has 0 fully saturated rings. The fourth-order valence-electron chi connectivity index (χ4n) is 2.84. The molecule has 1 N–H and O–H groups in total. The average Bonchev–Trinajstić information content (AvgIpc) is 2.75. The van der Waals surface area contributed by atoms with Crippen LogP contribution in [0.15, 0.2) is 83.8 Å². The van der Waals surface area contributed by atoms with Crippen LogP contribution in [0.1, 0.15) is 12.5 Å². The number of nitrogens with zero attached hydrogens (tertiary/aromatic N) is 1. The molecule has 0 radical (unpaired) electrons. The molecule has 0 aliphatic carbocycles. The number of nitrogens with one attached hydrogen (secondary N) is 1. The molecule has 0 spiro atoms. The second-order valence-corrected chi connectivity index (χ2v) is 8.60. The third kappa shape index (κ3) is 5.11. The van der Waals surface area contributed by atoms with Crippen LogP contribution in [0.2, 0.25) is 5.02 Å². The minimum Gasteiger partial charge on any atom is -0.444 e. The molecule has 0 atom stereocenters. The molecule has 0 heterocycles. The van der Waals surface area contributed by atoms with Crippen LogP contribution in [-0.4, -0.2) is 21.1 Å². The molecule has 0 unspecified atom stereocenters. The van der Waals surface area contributed by atoms with Crippen LogP contribution >= 0.6 is 11.6 Å². The van der Waals surface area contributed by atoms with Crippen molar-refractivity contribution < 1.29 is 17.9 Å². The van der Waals surface area contributed by atoms with Crippen LogP contribution in [0, 0.1) is 0 Å². The highest BCUT2D eigenvalue weighted by atomic mass is 35.5. The topological polar surface area (TPSA) is 75.7 Å². The molecule has 1 amide bonds. The number of para-hydroxylation sites is 1. The van der Waals surface area contributed by atoms with Gasteiger partial charge in [0.1, 0.15) is 6.61 Å². The zero-order valence-electron chi connectivity index (χ0n) is 16.3. The van der Waals surface area contributed by atoms with Gasteiger partial charge < -0.3 is 4.74 Å². The lowest BCUT2D eigenvalue weighted by Gasteiger charge is -2.23. The molecule has 3 aromatic carbocycles. The van der Waals surface area contributed by atoms with Crippen molar-refractivity contribution in [3.05, 3.63) is 89.4 Å². The summed E-state index contributed by atoms with van der Waals surface area (Å²) in [6.07, 6.45) is -0.731. The zero-order chi connectivity index (χ0) is 21.6. The Hall–Kier alpha value is -3.03.